The third-order valence-electron chi connectivity index (χ3n) is 2.98. The van der Waals surface area contributed by atoms with Gasteiger partial charge in [0.1, 0.15) is 11.6 Å². The van der Waals surface area contributed by atoms with Gasteiger partial charge in [-0.05, 0) is 50.1 Å². The van der Waals surface area contributed by atoms with Crippen molar-refractivity contribution >= 4 is 23.1 Å². The number of aromatic nitrogens is 1. The van der Waals surface area contributed by atoms with E-state index in [9.17, 15) is 5.11 Å². The van der Waals surface area contributed by atoms with Crippen molar-refractivity contribution in [3.8, 4) is 5.75 Å². The van der Waals surface area contributed by atoms with E-state index < -0.39 is 0 Å². The standard InChI is InChI=1S/C14H15ClN2O/c1-8-9(2)14(16-10(3)13(8)18)17-12-6-4-5-11(15)7-12/h4-7,18H,1-3H3,(H,16,17). The third-order valence-corrected chi connectivity index (χ3v) is 3.22. The molecular formula is C14H15ClN2O. The number of aromatic hydroxyl groups is 1. The van der Waals surface area contributed by atoms with Crippen LogP contribution in [0, 0.1) is 20.8 Å². The maximum Gasteiger partial charge on any atom is 0.140 e. The van der Waals surface area contributed by atoms with E-state index in [0.29, 0.717) is 10.7 Å². The molecule has 94 valence electrons. The minimum atomic E-state index is 0.254. The number of pyridine rings is 1. The second kappa shape index (κ2) is 4.86. The molecule has 1 aromatic carbocycles. The van der Waals surface area contributed by atoms with Crippen LogP contribution in [0.3, 0.4) is 0 Å². The number of hydrogen-bond donors (Lipinski definition) is 2. The number of halogens is 1. The number of benzene rings is 1. The number of hydrogen-bond acceptors (Lipinski definition) is 3. The average Bonchev–Trinajstić information content (AvgIpc) is 2.33. The summed E-state index contributed by atoms with van der Waals surface area (Å²) >= 11 is 5.94. The van der Waals surface area contributed by atoms with E-state index in [-0.39, 0.29) is 5.75 Å². The summed E-state index contributed by atoms with van der Waals surface area (Å²) < 4.78 is 0. The molecule has 0 aliphatic rings. The van der Waals surface area contributed by atoms with E-state index in [1.54, 1.807) is 6.92 Å². The Morgan fingerprint density at radius 2 is 1.89 bits per heavy atom. The second-order valence-corrected chi connectivity index (χ2v) is 4.72. The highest BCUT2D eigenvalue weighted by Crippen LogP contribution is 2.29. The van der Waals surface area contributed by atoms with Gasteiger partial charge in [0.15, 0.2) is 0 Å². The van der Waals surface area contributed by atoms with Crippen LogP contribution in [-0.2, 0) is 0 Å². The molecule has 0 unspecified atom stereocenters. The van der Waals surface area contributed by atoms with E-state index in [0.717, 1.165) is 22.6 Å². The van der Waals surface area contributed by atoms with Crippen LogP contribution in [0.25, 0.3) is 0 Å². The topological polar surface area (TPSA) is 45.2 Å². The van der Waals surface area contributed by atoms with Gasteiger partial charge in [-0.3, -0.25) is 0 Å². The molecule has 0 radical (unpaired) electrons. The number of aryl methyl sites for hydroxylation is 1. The van der Waals surface area contributed by atoms with Gasteiger partial charge in [0.05, 0.1) is 5.69 Å². The predicted octanol–water partition coefficient (Wildman–Crippen LogP) is 4.11. The van der Waals surface area contributed by atoms with Crippen LogP contribution in [0.5, 0.6) is 5.75 Å². The van der Waals surface area contributed by atoms with E-state index in [4.69, 9.17) is 11.6 Å². The van der Waals surface area contributed by atoms with Crippen LogP contribution < -0.4 is 5.32 Å². The van der Waals surface area contributed by atoms with E-state index in [1.165, 1.54) is 0 Å². The lowest BCUT2D eigenvalue weighted by Gasteiger charge is -2.13. The zero-order chi connectivity index (χ0) is 13.3. The van der Waals surface area contributed by atoms with Gasteiger partial charge < -0.3 is 10.4 Å². The molecule has 0 spiro atoms. The van der Waals surface area contributed by atoms with Gasteiger partial charge in [0.25, 0.3) is 0 Å². The lowest BCUT2D eigenvalue weighted by Crippen LogP contribution is -2.00. The Hall–Kier alpha value is -1.74. The molecule has 2 N–H and O–H groups in total. The molecule has 0 amide bonds. The summed E-state index contributed by atoms with van der Waals surface area (Å²) in [5.74, 6) is 0.995. The predicted molar refractivity (Wildman–Crippen MR) is 74.8 cm³/mol. The Balaban J connectivity index is 2.41. The third kappa shape index (κ3) is 2.41. The molecule has 1 heterocycles. The van der Waals surface area contributed by atoms with Gasteiger partial charge in [-0.1, -0.05) is 17.7 Å². The van der Waals surface area contributed by atoms with Crippen molar-refractivity contribution in [3.05, 3.63) is 46.1 Å². The fourth-order valence-corrected chi connectivity index (χ4v) is 1.95. The van der Waals surface area contributed by atoms with Crippen molar-refractivity contribution in [3.63, 3.8) is 0 Å². The lowest BCUT2D eigenvalue weighted by atomic mass is 10.1. The maximum atomic E-state index is 9.81. The largest absolute Gasteiger partial charge is 0.506 e. The molecule has 0 fully saturated rings. The van der Waals surface area contributed by atoms with Crippen LogP contribution >= 0.6 is 11.6 Å². The van der Waals surface area contributed by atoms with Crippen molar-refractivity contribution < 1.29 is 5.11 Å². The summed E-state index contributed by atoms with van der Waals surface area (Å²) in [5.41, 5.74) is 3.26. The number of rotatable bonds is 2. The summed E-state index contributed by atoms with van der Waals surface area (Å²) in [4.78, 5) is 4.35. The zero-order valence-corrected chi connectivity index (χ0v) is 11.3. The van der Waals surface area contributed by atoms with Gasteiger partial charge in [-0.25, -0.2) is 4.98 Å². The summed E-state index contributed by atoms with van der Waals surface area (Å²) in [7, 11) is 0. The zero-order valence-electron chi connectivity index (χ0n) is 10.6. The number of nitrogens with zero attached hydrogens (tertiary/aromatic N) is 1. The van der Waals surface area contributed by atoms with Crippen LogP contribution in [0.2, 0.25) is 5.02 Å². The van der Waals surface area contributed by atoms with E-state index in [2.05, 4.69) is 10.3 Å². The fourth-order valence-electron chi connectivity index (χ4n) is 1.76. The molecule has 3 nitrogen and oxygen atoms in total. The SMILES string of the molecule is Cc1nc(Nc2cccc(Cl)c2)c(C)c(C)c1O. The highest BCUT2D eigenvalue weighted by atomic mass is 35.5. The number of anilines is 2. The van der Waals surface area contributed by atoms with Crippen molar-refractivity contribution in [2.24, 2.45) is 0 Å². The quantitative estimate of drug-likeness (QED) is 0.856. The Kier molecular flexibility index (Phi) is 3.43. The summed E-state index contributed by atoms with van der Waals surface area (Å²) in [6.45, 7) is 5.59. The molecule has 0 atom stereocenters. The molecule has 0 aliphatic carbocycles. The Morgan fingerprint density at radius 1 is 1.17 bits per heavy atom. The number of nitrogens with one attached hydrogen (secondary N) is 1. The van der Waals surface area contributed by atoms with Gasteiger partial charge in [-0.15, -0.1) is 0 Å². The van der Waals surface area contributed by atoms with E-state index >= 15 is 0 Å². The molecule has 4 heteroatoms. The van der Waals surface area contributed by atoms with Gasteiger partial charge in [0.2, 0.25) is 0 Å². The first-order valence-electron chi connectivity index (χ1n) is 5.68. The van der Waals surface area contributed by atoms with Crippen LogP contribution in [-0.4, -0.2) is 10.1 Å². The lowest BCUT2D eigenvalue weighted by molar-refractivity contribution is 0.463. The highest BCUT2D eigenvalue weighted by molar-refractivity contribution is 6.30. The van der Waals surface area contributed by atoms with Crippen LogP contribution in [0.15, 0.2) is 24.3 Å². The molecule has 0 saturated carbocycles. The van der Waals surface area contributed by atoms with Crippen molar-refractivity contribution in [1.82, 2.24) is 4.98 Å². The normalized spacial score (nSPS) is 10.4. The summed E-state index contributed by atoms with van der Waals surface area (Å²) in [5, 5.41) is 13.7. The first kappa shape index (κ1) is 12.7. The fraction of sp³-hybridized carbons (Fsp3) is 0.214. The minimum absolute atomic E-state index is 0.254. The van der Waals surface area contributed by atoms with Crippen molar-refractivity contribution in [2.45, 2.75) is 20.8 Å². The monoisotopic (exact) mass is 262 g/mol. The Bertz CT molecular complexity index is 597. The van der Waals surface area contributed by atoms with Crippen molar-refractivity contribution in [1.29, 1.82) is 0 Å². The van der Waals surface area contributed by atoms with Gasteiger partial charge in [-0.2, -0.15) is 0 Å². The smallest absolute Gasteiger partial charge is 0.140 e. The Morgan fingerprint density at radius 3 is 2.56 bits per heavy atom. The molecule has 2 rings (SSSR count). The average molecular weight is 263 g/mol. The Labute approximate surface area is 111 Å². The molecule has 18 heavy (non-hydrogen) atoms. The molecule has 1 aromatic heterocycles. The van der Waals surface area contributed by atoms with E-state index in [1.807, 2.05) is 38.1 Å². The molecular weight excluding hydrogens is 248 g/mol. The summed E-state index contributed by atoms with van der Waals surface area (Å²) in [6, 6.07) is 7.45. The first-order chi connectivity index (χ1) is 8.49. The highest BCUT2D eigenvalue weighted by Gasteiger charge is 2.10. The second-order valence-electron chi connectivity index (χ2n) is 4.28. The van der Waals surface area contributed by atoms with Gasteiger partial charge in [0, 0.05) is 10.7 Å². The maximum absolute atomic E-state index is 9.81. The van der Waals surface area contributed by atoms with Crippen LogP contribution in [0.4, 0.5) is 11.5 Å². The minimum Gasteiger partial charge on any atom is -0.506 e. The van der Waals surface area contributed by atoms with Gasteiger partial charge >= 0.3 is 0 Å². The van der Waals surface area contributed by atoms with Crippen molar-refractivity contribution in [2.75, 3.05) is 5.32 Å². The molecule has 0 saturated heterocycles. The molecule has 2 aromatic rings. The molecule has 0 aliphatic heterocycles. The molecule has 0 bridgehead atoms. The van der Waals surface area contributed by atoms with Crippen LogP contribution in [0.1, 0.15) is 16.8 Å². The summed E-state index contributed by atoms with van der Waals surface area (Å²) in [6.07, 6.45) is 0. The first-order valence-corrected chi connectivity index (χ1v) is 6.06.